The van der Waals surface area contributed by atoms with Crippen LogP contribution in [-0.2, 0) is 6.18 Å². The molecule has 0 spiro atoms. The van der Waals surface area contributed by atoms with E-state index in [4.69, 9.17) is 16.3 Å². The third-order valence-corrected chi connectivity index (χ3v) is 2.43. The summed E-state index contributed by atoms with van der Waals surface area (Å²) in [4.78, 5) is 6.42. The highest BCUT2D eigenvalue weighted by atomic mass is 35.5. The Morgan fingerprint density at radius 2 is 1.84 bits per heavy atom. The van der Waals surface area contributed by atoms with Crippen LogP contribution >= 0.6 is 11.6 Å². The molecule has 0 unspecified atom stereocenters. The van der Waals surface area contributed by atoms with Crippen LogP contribution in [0.1, 0.15) is 11.4 Å². The number of aromatic nitrogens is 2. The van der Waals surface area contributed by atoms with Crippen molar-refractivity contribution in [3.8, 4) is 11.6 Å². The average molecular weight is 289 g/mol. The van der Waals surface area contributed by atoms with Gasteiger partial charge in [-0.1, -0.05) is 29.8 Å². The Bertz CT molecular complexity index is 602. The summed E-state index contributed by atoms with van der Waals surface area (Å²) in [5.74, 6) is -1.17. The summed E-state index contributed by atoms with van der Waals surface area (Å²) < 4.78 is 42.9. The van der Waals surface area contributed by atoms with E-state index in [1.807, 2.05) is 0 Å². The quantitative estimate of drug-likeness (QED) is 0.775. The summed E-state index contributed by atoms with van der Waals surface area (Å²) in [5.41, 5.74) is 0.769. The molecule has 0 amide bonds. The molecule has 2 rings (SSSR count). The number of benzene rings is 1. The van der Waals surface area contributed by atoms with Gasteiger partial charge in [-0.25, -0.2) is 4.98 Å². The summed E-state index contributed by atoms with van der Waals surface area (Å²) in [6, 6.07) is 8.01. The fraction of sp³-hybridized carbons (Fsp3) is 0.167. The number of rotatable bonds is 2. The molecule has 7 heteroatoms. The molecule has 100 valence electrons. The molecule has 0 fully saturated rings. The van der Waals surface area contributed by atoms with Crippen molar-refractivity contribution in [3.63, 3.8) is 0 Å². The van der Waals surface area contributed by atoms with E-state index in [-0.39, 0.29) is 11.0 Å². The zero-order valence-electron chi connectivity index (χ0n) is 9.70. The molecule has 0 bridgehead atoms. The first-order valence-corrected chi connectivity index (χ1v) is 5.59. The number of hydrogen-bond donors (Lipinski definition) is 0. The van der Waals surface area contributed by atoms with Crippen LogP contribution in [0.2, 0.25) is 5.15 Å². The maximum Gasteiger partial charge on any atom is 0.451 e. The maximum atomic E-state index is 12.5. The van der Waals surface area contributed by atoms with Crippen LogP contribution in [0.25, 0.3) is 0 Å². The van der Waals surface area contributed by atoms with Crippen molar-refractivity contribution in [1.29, 1.82) is 0 Å². The lowest BCUT2D eigenvalue weighted by atomic mass is 10.2. The fourth-order valence-corrected chi connectivity index (χ4v) is 1.53. The lowest BCUT2D eigenvalue weighted by Gasteiger charge is -2.10. The van der Waals surface area contributed by atoms with Crippen molar-refractivity contribution in [3.05, 3.63) is 46.9 Å². The van der Waals surface area contributed by atoms with Crippen molar-refractivity contribution in [2.75, 3.05) is 0 Å². The van der Waals surface area contributed by atoms with Gasteiger partial charge in [-0.2, -0.15) is 18.2 Å². The van der Waals surface area contributed by atoms with Gasteiger partial charge in [-0.15, -0.1) is 0 Å². The number of ether oxygens (including phenoxy) is 1. The lowest BCUT2D eigenvalue weighted by Crippen LogP contribution is -2.11. The van der Waals surface area contributed by atoms with Crippen molar-refractivity contribution in [2.24, 2.45) is 0 Å². The predicted molar refractivity (Wildman–Crippen MR) is 63.3 cm³/mol. The number of alkyl halides is 3. The minimum absolute atomic E-state index is 0.248. The zero-order chi connectivity index (χ0) is 14.0. The molecule has 0 atom stereocenters. The van der Waals surface area contributed by atoms with Crippen LogP contribution in [0.15, 0.2) is 30.3 Å². The van der Waals surface area contributed by atoms with E-state index in [2.05, 4.69) is 9.97 Å². The summed E-state index contributed by atoms with van der Waals surface area (Å²) >= 11 is 5.53. The monoisotopic (exact) mass is 288 g/mol. The van der Waals surface area contributed by atoms with Crippen molar-refractivity contribution < 1.29 is 17.9 Å². The van der Waals surface area contributed by atoms with E-state index < -0.39 is 12.0 Å². The van der Waals surface area contributed by atoms with Gasteiger partial charge in [0.2, 0.25) is 11.7 Å². The summed E-state index contributed by atoms with van der Waals surface area (Å²) in [6.45, 7) is 1.77. The van der Waals surface area contributed by atoms with Gasteiger partial charge in [-0.3, -0.25) is 0 Å². The highest BCUT2D eigenvalue weighted by molar-refractivity contribution is 6.29. The molecule has 0 saturated heterocycles. The van der Waals surface area contributed by atoms with E-state index in [0.29, 0.717) is 5.75 Å². The molecule has 0 aliphatic carbocycles. The maximum absolute atomic E-state index is 12.5. The van der Waals surface area contributed by atoms with Gasteiger partial charge in [0.25, 0.3) is 0 Å². The lowest BCUT2D eigenvalue weighted by molar-refractivity contribution is -0.145. The van der Waals surface area contributed by atoms with Crippen LogP contribution in [0.5, 0.6) is 11.6 Å². The van der Waals surface area contributed by atoms with Crippen molar-refractivity contribution in [1.82, 2.24) is 9.97 Å². The number of aryl methyl sites for hydroxylation is 1. The highest BCUT2D eigenvalue weighted by Crippen LogP contribution is 2.30. The smallest absolute Gasteiger partial charge is 0.439 e. The minimum atomic E-state index is -4.67. The second-order valence-electron chi connectivity index (χ2n) is 3.72. The fourth-order valence-electron chi connectivity index (χ4n) is 1.36. The molecule has 2 aromatic rings. The normalized spacial score (nSPS) is 11.4. The molecular weight excluding hydrogens is 281 g/mol. The summed E-state index contributed by atoms with van der Waals surface area (Å²) in [7, 11) is 0. The largest absolute Gasteiger partial charge is 0.451 e. The van der Waals surface area contributed by atoms with E-state index in [1.54, 1.807) is 31.2 Å². The van der Waals surface area contributed by atoms with E-state index in [0.717, 1.165) is 11.6 Å². The second kappa shape index (κ2) is 5.05. The van der Waals surface area contributed by atoms with E-state index in [9.17, 15) is 13.2 Å². The van der Waals surface area contributed by atoms with Crippen LogP contribution < -0.4 is 4.74 Å². The second-order valence-corrected chi connectivity index (χ2v) is 4.11. The van der Waals surface area contributed by atoms with Crippen LogP contribution in [-0.4, -0.2) is 9.97 Å². The molecule has 3 nitrogen and oxygen atoms in total. The molecule has 0 radical (unpaired) electrons. The highest BCUT2D eigenvalue weighted by Gasteiger charge is 2.35. The van der Waals surface area contributed by atoms with Gasteiger partial charge in [-0.05, 0) is 18.6 Å². The Hall–Kier alpha value is -1.82. The van der Waals surface area contributed by atoms with Gasteiger partial charge < -0.3 is 4.74 Å². The number of nitrogens with zero attached hydrogens (tertiary/aromatic N) is 2. The first-order valence-electron chi connectivity index (χ1n) is 5.21. The van der Waals surface area contributed by atoms with E-state index in [1.165, 1.54) is 0 Å². The Balaban J connectivity index is 2.36. The molecular formula is C12H8ClF3N2O. The predicted octanol–water partition coefficient (Wildman–Crippen LogP) is 4.25. The molecule has 0 aliphatic heterocycles. The molecule has 0 N–H and O–H groups in total. The standard InChI is InChI=1S/C12H8ClF3N2O/c1-7-4-2-3-5-8(7)19-10-6-9(13)17-11(18-10)12(14,15)16/h2-6H,1H3. The minimum Gasteiger partial charge on any atom is -0.439 e. The Morgan fingerprint density at radius 3 is 2.47 bits per heavy atom. The Morgan fingerprint density at radius 1 is 1.16 bits per heavy atom. The topological polar surface area (TPSA) is 35.0 Å². The number of para-hydroxylation sites is 1. The first kappa shape index (κ1) is 13.6. The van der Waals surface area contributed by atoms with Gasteiger partial charge in [0, 0.05) is 6.07 Å². The van der Waals surface area contributed by atoms with Gasteiger partial charge >= 0.3 is 6.18 Å². The Labute approximate surface area is 112 Å². The van der Waals surface area contributed by atoms with Crippen molar-refractivity contribution in [2.45, 2.75) is 13.1 Å². The zero-order valence-corrected chi connectivity index (χ0v) is 10.5. The average Bonchev–Trinajstić information content (AvgIpc) is 2.30. The van der Waals surface area contributed by atoms with Crippen molar-refractivity contribution >= 4 is 11.6 Å². The molecule has 0 saturated carbocycles. The molecule has 19 heavy (non-hydrogen) atoms. The van der Waals surface area contributed by atoms with Crippen LogP contribution in [0.4, 0.5) is 13.2 Å². The van der Waals surface area contributed by atoms with Gasteiger partial charge in [0.15, 0.2) is 0 Å². The van der Waals surface area contributed by atoms with Crippen LogP contribution in [0, 0.1) is 6.92 Å². The van der Waals surface area contributed by atoms with Gasteiger partial charge in [0.1, 0.15) is 10.9 Å². The van der Waals surface area contributed by atoms with Crippen LogP contribution in [0.3, 0.4) is 0 Å². The third-order valence-electron chi connectivity index (χ3n) is 2.23. The number of hydrogen-bond acceptors (Lipinski definition) is 3. The molecule has 0 aliphatic rings. The van der Waals surface area contributed by atoms with E-state index >= 15 is 0 Å². The molecule has 1 aromatic heterocycles. The first-order chi connectivity index (χ1) is 8.86. The SMILES string of the molecule is Cc1ccccc1Oc1cc(Cl)nc(C(F)(F)F)n1. The molecule has 1 aromatic carbocycles. The summed E-state index contributed by atoms with van der Waals surface area (Å²) in [5, 5.41) is -0.328. The molecule has 1 heterocycles. The third kappa shape index (κ3) is 3.35. The summed E-state index contributed by atoms with van der Waals surface area (Å²) in [6.07, 6.45) is -4.67. The van der Waals surface area contributed by atoms with Gasteiger partial charge in [0.05, 0.1) is 0 Å². The number of halogens is 4. The Kier molecular flexibility index (Phi) is 3.61.